The van der Waals surface area contributed by atoms with Crippen molar-refractivity contribution in [3.63, 3.8) is 0 Å². The molecular formula is C15H25N3O. The molecular weight excluding hydrogens is 238 g/mol. The molecule has 1 saturated carbocycles. The monoisotopic (exact) mass is 263 g/mol. The maximum absolute atomic E-state index is 5.75. The fourth-order valence-corrected chi connectivity index (χ4v) is 3.86. The summed E-state index contributed by atoms with van der Waals surface area (Å²) in [5, 5.41) is 4.43. The molecule has 1 aliphatic heterocycles. The minimum absolute atomic E-state index is 0.313. The summed E-state index contributed by atoms with van der Waals surface area (Å²) < 4.78 is 7.85. The van der Waals surface area contributed by atoms with Crippen molar-refractivity contribution in [1.29, 1.82) is 0 Å². The number of hydrogen-bond acceptors (Lipinski definition) is 3. The first kappa shape index (κ1) is 13.1. The molecule has 2 aliphatic rings. The second-order valence-electron chi connectivity index (χ2n) is 6.37. The summed E-state index contributed by atoms with van der Waals surface area (Å²) in [5.74, 6) is 1.61. The van der Waals surface area contributed by atoms with Crippen molar-refractivity contribution in [2.75, 3.05) is 20.2 Å². The molecule has 1 aliphatic carbocycles. The third-order valence-electron chi connectivity index (χ3n) is 5.01. The normalized spacial score (nSPS) is 35.8. The number of methoxy groups -OCH3 is 1. The van der Waals surface area contributed by atoms with Crippen molar-refractivity contribution in [1.82, 2.24) is 14.7 Å². The Bertz CT molecular complexity index is 404. The highest BCUT2D eigenvalue weighted by Crippen LogP contribution is 2.42. The number of nitrogens with zero attached hydrogens (tertiary/aromatic N) is 3. The molecule has 0 spiro atoms. The van der Waals surface area contributed by atoms with Crippen LogP contribution in [-0.2, 0) is 4.74 Å². The molecule has 1 aromatic rings. The van der Waals surface area contributed by atoms with Gasteiger partial charge in [-0.1, -0.05) is 0 Å². The summed E-state index contributed by atoms with van der Waals surface area (Å²) in [6.45, 7) is 7.09. The van der Waals surface area contributed by atoms with Gasteiger partial charge in [-0.2, -0.15) is 5.10 Å². The maximum Gasteiger partial charge on any atom is 0.0798 e. The summed E-state index contributed by atoms with van der Waals surface area (Å²) in [6, 6.07) is 3.08. The molecule has 1 saturated heterocycles. The molecule has 0 unspecified atom stereocenters. The van der Waals surface area contributed by atoms with Gasteiger partial charge in [-0.3, -0.25) is 4.68 Å². The quantitative estimate of drug-likeness (QED) is 0.837. The van der Waals surface area contributed by atoms with Crippen molar-refractivity contribution in [3.05, 3.63) is 18.5 Å². The molecule has 4 nitrogen and oxygen atoms in total. The Morgan fingerprint density at radius 1 is 1.21 bits per heavy atom. The van der Waals surface area contributed by atoms with Gasteiger partial charge < -0.3 is 9.64 Å². The molecule has 0 aromatic carbocycles. The lowest BCUT2D eigenvalue weighted by Crippen LogP contribution is -2.37. The molecule has 4 heteroatoms. The van der Waals surface area contributed by atoms with Crippen LogP contribution < -0.4 is 0 Å². The largest absolute Gasteiger partial charge is 0.379 e. The zero-order valence-electron chi connectivity index (χ0n) is 12.2. The van der Waals surface area contributed by atoms with E-state index < -0.39 is 0 Å². The number of rotatable bonds is 3. The molecule has 0 N–H and O–H groups in total. The Labute approximate surface area is 115 Å². The lowest BCUT2D eigenvalue weighted by Gasteiger charge is -2.37. The van der Waals surface area contributed by atoms with Gasteiger partial charge in [-0.05, 0) is 44.6 Å². The van der Waals surface area contributed by atoms with Crippen LogP contribution in [0.15, 0.2) is 18.5 Å². The molecule has 3 rings (SSSR count). The molecule has 1 aromatic heterocycles. The minimum atomic E-state index is 0.313. The Morgan fingerprint density at radius 3 is 2.53 bits per heavy atom. The van der Waals surface area contributed by atoms with Crippen molar-refractivity contribution >= 4 is 0 Å². The molecule has 2 fully saturated rings. The zero-order valence-corrected chi connectivity index (χ0v) is 12.2. The van der Waals surface area contributed by atoms with E-state index in [-0.39, 0.29) is 0 Å². The van der Waals surface area contributed by atoms with Crippen LogP contribution in [0, 0.1) is 11.8 Å². The Morgan fingerprint density at radius 2 is 1.95 bits per heavy atom. The van der Waals surface area contributed by atoms with E-state index in [9.17, 15) is 0 Å². The van der Waals surface area contributed by atoms with Gasteiger partial charge in [0.1, 0.15) is 0 Å². The number of ether oxygens (including phenoxy) is 1. The van der Waals surface area contributed by atoms with Crippen LogP contribution in [-0.4, -0.2) is 47.0 Å². The van der Waals surface area contributed by atoms with E-state index in [4.69, 9.17) is 4.74 Å². The summed E-state index contributed by atoms with van der Waals surface area (Å²) in [5.41, 5.74) is 0. The lowest BCUT2D eigenvalue weighted by molar-refractivity contribution is -0.00487. The van der Waals surface area contributed by atoms with Crippen LogP contribution in [0.4, 0.5) is 0 Å². The number of fused-ring (bicyclic) bond motifs is 1. The van der Waals surface area contributed by atoms with Gasteiger partial charge in [0.05, 0.1) is 12.1 Å². The molecule has 19 heavy (non-hydrogen) atoms. The van der Waals surface area contributed by atoms with E-state index in [0.717, 1.165) is 11.8 Å². The van der Waals surface area contributed by atoms with Crippen molar-refractivity contribution in [2.24, 2.45) is 11.8 Å². The zero-order chi connectivity index (χ0) is 13.4. The number of aromatic nitrogens is 2. The number of likely N-dealkylation sites (tertiary alicyclic amines) is 1. The highest BCUT2D eigenvalue weighted by Gasteiger charge is 2.43. The van der Waals surface area contributed by atoms with Crippen molar-refractivity contribution < 1.29 is 4.74 Å². The molecule has 2 heterocycles. The first-order valence-electron chi connectivity index (χ1n) is 7.45. The minimum Gasteiger partial charge on any atom is -0.379 e. The topological polar surface area (TPSA) is 30.3 Å². The lowest BCUT2D eigenvalue weighted by atomic mass is 9.77. The van der Waals surface area contributed by atoms with E-state index in [1.54, 1.807) is 0 Å². The predicted octanol–water partition coefficient (Wildman–Crippen LogP) is 2.19. The summed E-state index contributed by atoms with van der Waals surface area (Å²) in [4.78, 5) is 2.62. The van der Waals surface area contributed by atoms with Gasteiger partial charge in [-0.25, -0.2) is 0 Å². The summed E-state index contributed by atoms with van der Waals surface area (Å²) in [7, 11) is 1.84. The fraction of sp³-hybridized carbons (Fsp3) is 0.800. The molecule has 106 valence electrons. The first-order chi connectivity index (χ1) is 9.19. The summed E-state index contributed by atoms with van der Waals surface area (Å²) in [6.07, 6.45) is 6.64. The van der Waals surface area contributed by atoms with Gasteiger partial charge in [0.15, 0.2) is 0 Å². The van der Waals surface area contributed by atoms with Crippen LogP contribution in [0.3, 0.4) is 0 Å². The van der Waals surface area contributed by atoms with Crippen LogP contribution >= 0.6 is 0 Å². The standard InChI is InChI=1S/C15H25N3O/c1-11(2)17-9-12-7-14(18-6-4-5-16-18)15(19-3)8-13(12)10-17/h4-6,11-15H,7-10H2,1-3H3/t12-,13+,14-,15-/m0/s1. The Hall–Kier alpha value is -0.870. The van der Waals surface area contributed by atoms with Gasteiger partial charge in [0.2, 0.25) is 0 Å². The summed E-state index contributed by atoms with van der Waals surface area (Å²) >= 11 is 0. The van der Waals surface area contributed by atoms with Gasteiger partial charge in [0.25, 0.3) is 0 Å². The third kappa shape index (κ3) is 2.43. The highest BCUT2D eigenvalue weighted by molar-refractivity contribution is 4.97. The third-order valence-corrected chi connectivity index (χ3v) is 5.01. The molecule has 4 atom stereocenters. The van der Waals surface area contributed by atoms with E-state index in [1.165, 1.54) is 25.9 Å². The van der Waals surface area contributed by atoms with Gasteiger partial charge in [-0.15, -0.1) is 0 Å². The number of hydrogen-bond donors (Lipinski definition) is 0. The molecule has 0 amide bonds. The Kier molecular flexibility index (Phi) is 3.63. The SMILES string of the molecule is CO[C@H]1C[C@@H]2CN(C(C)C)C[C@@H]2C[C@@H]1n1cccn1. The maximum atomic E-state index is 5.75. The average Bonchev–Trinajstić information content (AvgIpc) is 3.05. The van der Waals surface area contributed by atoms with Gasteiger partial charge >= 0.3 is 0 Å². The van der Waals surface area contributed by atoms with Crippen LogP contribution in [0.25, 0.3) is 0 Å². The molecule has 0 radical (unpaired) electrons. The van der Waals surface area contributed by atoms with E-state index in [0.29, 0.717) is 18.2 Å². The second-order valence-corrected chi connectivity index (χ2v) is 6.37. The van der Waals surface area contributed by atoms with E-state index >= 15 is 0 Å². The van der Waals surface area contributed by atoms with Crippen LogP contribution in [0.1, 0.15) is 32.7 Å². The average molecular weight is 263 g/mol. The highest BCUT2D eigenvalue weighted by atomic mass is 16.5. The van der Waals surface area contributed by atoms with Crippen LogP contribution in [0.5, 0.6) is 0 Å². The second kappa shape index (κ2) is 5.25. The first-order valence-corrected chi connectivity index (χ1v) is 7.45. The van der Waals surface area contributed by atoms with Crippen molar-refractivity contribution in [2.45, 2.75) is 44.9 Å². The molecule has 0 bridgehead atoms. The Balaban J connectivity index is 1.75. The predicted molar refractivity (Wildman–Crippen MR) is 75.0 cm³/mol. The smallest absolute Gasteiger partial charge is 0.0798 e. The van der Waals surface area contributed by atoms with Crippen LogP contribution in [0.2, 0.25) is 0 Å². The van der Waals surface area contributed by atoms with E-state index in [1.807, 2.05) is 19.4 Å². The van der Waals surface area contributed by atoms with Gasteiger partial charge in [0, 0.05) is 38.6 Å². The van der Waals surface area contributed by atoms with Crippen molar-refractivity contribution in [3.8, 4) is 0 Å². The van der Waals surface area contributed by atoms with E-state index in [2.05, 4.69) is 34.7 Å². The fourth-order valence-electron chi connectivity index (χ4n) is 3.86.